The number of halogens is 1. The van der Waals surface area contributed by atoms with Crippen molar-refractivity contribution in [3.05, 3.63) is 35.1 Å². The van der Waals surface area contributed by atoms with Gasteiger partial charge in [0.05, 0.1) is 5.56 Å². The van der Waals surface area contributed by atoms with Gasteiger partial charge in [0, 0.05) is 12.1 Å². The second kappa shape index (κ2) is 6.66. The highest BCUT2D eigenvalue weighted by atomic mass is 19.1. The maximum absolute atomic E-state index is 13.4. The summed E-state index contributed by atoms with van der Waals surface area (Å²) in [5, 5.41) is 11.1. The lowest BCUT2D eigenvalue weighted by atomic mass is 10.1. The van der Waals surface area contributed by atoms with Crippen LogP contribution in [0.15, 0.2) is 18.2 Å². The number of aliphatic hydroxyl groups excluding tert-OH is 1. The van der Waals surface area contributed by atoms with Gasteiger partial charge in [0.15, 0.2) is 0 Å². The minimum absolute atomic E-state index is 0.0248. The highest BCUT2D eigenvalue weighted by molar-refractivity contribution is 5.94. The number of amides is 1. The number of aliphatic hydroxyl groups is 1. The summed E-state index contributed by atoms with van der Waals surface area (Å²) in [6.45, 7) is 2.15. The van der Waals surface area contributed by atoms with E-state index in [4.69, 9.17) is 5.11 Å². The second-order valence-corrected chi connectivity index (χ2v) is 3.41. The summed E-state index contributed by atoms with van der Waals surface area (Å²) in [5.74, 6) is 4.05. The molecule has 0 radical (unpaired) electrons. The van der Waals surface area contributed by atoms with Gasteiger partial charge < -0.3 is 10.4 Å². The molecule has 0 aliphatic carbocycles. The van der Waals surface area contributed by atoms with E-state index in [1.807, 2.05) is 6.92 Å². The van der Waals surface area contributed by atoms with Gasteiger partial charge in [-0.1, -0.05) is 18.8 Å². The smallest absolute Gasteiger partial charge is 0.254 e. The van der Waals surface area contributed by atoms with Gasteiger partial charge in [-0.25, -0.2) is 4.39 Å². The Kier molecular flexibility index (Phi) is 5.18. The van der Waals surface area contributed by atoms with E-state index in [1.54, 1.807) is 0 Å². The van der Waals surface area contributed by atoms with Crippen molar-refractivity contribution in [1.29, 1.82) is 0 Å². The molecule has 1 aromatic rings. The number of rotatable bonds is 3. The van der Waals surface area contributed by atoms with Crippen LogP contribution < -0.4 is 5.32 Å². The first-order valence-corrected chi connectivity index (χ1v) is 5.36. The van der Waals surface area contributed by atoms with Gasteiger partial charge in [-0.05, 0) is 24.6 Å². The lowest BCUT2D eigenvalue weighted by Crippen LogP contribution is -2.25. The van der Waals surface area contributed by atoms with Crippen LogP contribution in [0.2, 0.25) is 0 Å². The molecule has 0 spiro atoms. The van der Waals surface area contributed by atoms with Crippen LogP contribution >= 0.6 is 0 Å². The number of carbonyl (C=O) groups is 1. The first-order chi connectivity index (χ1) is 8.19. The Labute approximate surface area is 99.7 Å². The third-order valence-electron chi connectivity index (χ3n) is 2.06. The summed E-state index contributed by atoms with van der Waals surface area (Å²) in [6.07, 6.45) is 0.789. The van der Waals surface area contributed by atoms with Crippen LogP contribution in [0.3, 0.4) is 0 Å². The topological polar surface area (TPSA) is 49.3 Å². The largest absolute Gasteiger partial charge is 0.384 e. The van der Waals surface area contributed by atoms with Crippen molar-refractivity contribution in [2.45, 2.75) is 13.3 Å². The van der Waals surface area contributed by atoms with Gasteiger partial charge in [0.2, 0.25) is 0 Å². The van der Waals surface area contributed by atoms with E-state index >= 15 is 0 Å². The molecule has 0 saturated heterocycles. The summed E-state index contributed by atoms with van der Waals surface area (Å²) >= 11 is 0. The minimum atomic E-state index is -0.576. The Bertz CT molecular complexity index is 460. The van der Waals surface area contributed by atoms with E-state index < -0.39 is 11.7 Å². The first kappa shape index (κ1) is 13.2. The molecular formula is C13H14FNO2. The molecule has 2 N–H and O–H groups in total. The molecular weight excluding hydrogens is 221 g/mol. The zero-order chi connectivity index (χ0) is 12.7. The van der Waals surface area contributed by atoms with Crippen LogP contribution in [-0.4, -0.2) is 24.2 Å². The summed E-state index contributed by atoms with van der Waals surface area (Å²) in [6, 6.07) is 4.04. The predicted octanol–water partition coefficient (Wildman–Crippen LogP) is 1.31. The lowest BCUT2D eigenvalue weighted by molar-refractivity contribution is 0.0949. The zero-order valence-electron chi connectivity index (χ0n) is 9.59. The second-order valence-electron chi connectivity index (χ2n) is 3.41. The molecule has 0 bridgehead atoms. The summed E-state index contributed by atoms with van der Waals surface area (Å²) in [7, 11) is 0. The molecule has 1 aromatic carbocycles. The molecule has 0 aromatic heterocycles. The fourth-order valence-corrected chi connectivity index (χ4v) is 1.25. The van der Waals surface area contributed by atoms with Crippen LogP contribution in [0.4, 0.5) is 4.39 Å². The van der Waals surface area contributed by atoms with E-state index in [2.05, 4.69) is 17.2 Å². The third kappa shape index (κ3) is 3.89. The normalized spacial score (nSPS) is 9.35. The van der Waals surface area contributed by atoms with Gasteiger partial charge in [0.1, 0.15) is 12.4 Å². The van der Waals surface area contributed by atoms with Crippen LogP contribution in [0, 0.1) is 17.7 Å². The fraction of sp³-hybridized carbons (Fsp3) is 0.308. The van der Waals surface area contributed by atoms with Crippen molar-refractivity contribution in [3.63, 3.8) is 0 Å². The molecule has 90 valence electrons. The van der Waals surface area contributed by atoms with E-state index in [0.717, 1.165) is 6.42 Å². The van der Waals surface area contributed by atoms with E-state index in [0.29, 0.717) is 12.1 Å². The maximum Gasteiger partial charge on any atom is 0.254 e. The predicted molar refractivity (Wildman–Crippen MR) is 63.0 cm³/mol. The number of carbonyl (C=O) groups excluding carboxylic acids is 1. The lowest BCUT2D eigenvalue weighted by Gasteiger charge is -2.05. The Morgan fingerprint density at radius 1 is 1.53 bits per heavy atom. The molecule has 0 unspecified atom stereocenters. The Morgan fingerprint density at radius 2 is 2.29 bits per heavy atom. The van der Waals surface area contributed by atoms with Gasteiger partial charge in [-0.2, -0.15) is 0 Å². The molecule has 0 fully saturated rings. The number of hydrogen-bond acceptors (Lipinski definition) is 2. The van der Waals surface area contributed by atoms with Crippen LogP contribution in [-0.2, 0) is 0 Å². The van der Waals surface area contributed by atoms with Gasteiger partial charge in [-0.3, -0.25) is 4.79 Å². The van der Waals surface area contributed by atoms with Crippen molar-refractivity contribution in [2.75, 3.05) is 13.2 Å². The van der Waals surface area contributed by atoms with Crippen molar-refractivity contribution in [1.82, 2.24) is 5.32 Å². The van der Waals surface area contributed by atoms with Crippen molar-refractivity contribution >= 4 is 5.91 Å². The standard InChI is InChI=1S/C13H14FNO2/c1-2-7-15-13(17)11-9-10(4-3-8-16)5-6-12(11)14/h5-6,9,16H,2,7-8H2,1H3,(H,15,17). The van der Waals surface area contributed by atoms with Crippen molar-refractivity contribution in [2.24, 2.45) is 0 Å². The average Bonchev–Trinajstić information content (AvgIpc) is 2.35. The summed E-state index contributed by atoms with van der Waals surface area (Å²) in [5.41, 5.74) is 0.477. The molecule has 0 aliphatic rings. The number of benzene rings is 1. The summed E-state index contributed by atoms with van der Waals surface area (Å²) < 4.78 is 13.4. The fourth-order valence-electron chi connectivity index (χ4n) is 1.25. The minimum Gasteiger partial charge on any atom is -0.384 e. The van der Waals surface area contributed by atoms with Crippen molar-refractivity contribution in [3.8, 4) is 11.8 Å². The molecule has 3 nitrogen and oxygen atoms in total. The maximum atomic E-state index is 13.4. The molecule has 0 heterocycles. The van der Waals surface area contributed by atoms with Gasteiger partial charge in [0.25, 0.3) is 5.91 Å². The summed E-state index contributed by atoms with van der Waals surface area (Å²) in [4.78, 5) is 11.6. The molecule has 1 rings (SSSR count). The molecule has 0 atom stereocenters. The Balaban J connectivity index is 2.93. The molecule has 0 aliphatic heterocycles. The average molecular weight is 235 g/mol. The quantitative estimate of drug-likeness (QED) is 0.776. The van der Waals surface area contributed by atoms with Crippen LogP contribution in [0.5, 0.6) is 0 Å². The molecule has 4 heteroatoms. The number of hydrogen-bond donors (Lipinski definition) is 2. The van der Waals surface area contributed by atoms with E-state index in [1.165, 1.54) is 18.2 Å². The molecule has 0 saturated carbocycles. The first-order valence-electron chi connectivity index (χ1n) is 5.36. The Morgan fingerprint density at radius 3 is 2.94 bits per heavy atom. The Hall–Kier alpha value is -1.86. The third-order valence-corrected chi connectivity index (χ3v) is 2.06. The van der Waals surface area contributed by atoms with Gasteiger partial charge in [-0.15, -0.1) is 0 Å². The highest BCUT2D eigenvalue weighted by Gasteiger charge is 2.11. The molecule has 17 heavy (non-hydrogen) atoms. The van der Waals surface area contributed by atoms with Crippen LogP contribution in [0.1, 0.15) is 29.3 Å². The SMILES string of the molecule is CCCNC(=O)c1cc(C#CCO)ccc1F. The highest BCUT2D eigenvalue weighted by Crippen LogP contribution is 2.10. The van der Waals surface area contributed by atoms with Gasteiger partial charge >= 0.3 is 0 Å². The number of nitrogens with one attached hydrogen (secondary N) is 1. The molecule has 1 amide bonds. The van der Waals surface area contributed by atoms with Crippen LogP contribution in [0.25, 0.3) is 0 Å². The monoisotopic (exact) mass is 235 g/mol. The van der Waals surface area contributed by atoms with Crippen molar-refractivity contribution < 1.29 is 14.3 Å². The zero-order valence-corrected chi connectivity index (χ0v) is 9.59. The van der Waals surface area contributed by atoms with E-state index in [9.17, 15) is 9.18 Å². The van der Waals surface area contributed by atoms with E-state index in [-0.39, 0.29) is 12.2 Å².